The van der Waals surface area contributed by atoms with Gasteiger partial charge in [0.2, 0.25) is 0 Å². The van der Waals surface area contributed by atoms with Crippen molar-refractivity contribution < 1.29 is 34.4 Å². The molecule has 6 heteroatoms. The molecule has 0 aliphatic heterocycles. The summed E-state index contributed by atoms with van der Waals surface area (Å²) in [7, 11) is 0. The van der Waals surface area contributed by atoms with Crippen molar-refractivity contribution in [2.45, 2.75) is 80.6 Å². The number of fused-ring (bicyclic) bond motifs is 8. The van der Waals surface area contributed by atoms with Gasteiger partial charge < -0.3 is 9.52 Å². The Morgan fingerprint density at radius 2 is 1.53 bits per heavy atom. The van der Waals surface area contributed by atoms with Crippen LogP contribution in [0.15, 0.2) is 95.2 Å². The molecule has 7 rings (SSSR count). The van der Waals surface area contributed by atoms with E-state index in [1.807, 2.05) is 57.4 Å². The maximum atomic E-state index is 11.7. The molecule has 1 N–H and O–H groups in total. The molecule has 0 fully saturated rings. The number of hydrogen-bond donors (Lipinski definition) is 1. The second-order valence-electron chi connectivity index (χ2n) is 14.6. The SMILES string of the molecule is CC(C)(C)Cc1ccc2c(c1)sc1c(-c3[c-]c4ccccc4c4c3oc3ccccc34)nccc12.CCC(CC)C(=O)/C=C(\O)C(CC)CC.[Ir]. The Kier molecular flexibility index (Phi) is 12.2. The summed E-state index contributed by atoms with van der Waals surface area (Å²) in [6, 6.07) is 29.4. The van der Waals surface area contributed by atoms with Crippen LogP contribution in [0.2, 0.25) is 0 Å². The van der Waals surface area contributed by atoms with E-state index in [1.165, 1.54) is 31.8 Å². The van der Waals surface area contributed by atoms with Gasteiger partial charge in [0, 0.05) is 64.7 Å². The fourth-order valence-corrected chi connectivity index (χ4v) is 8.34. The van der Waals surface area contributed by atoms with Gasteiger partial charge in [-0.2, -0.15) is 0 Å². The Bertz CT molecular complexity index is 2330. The third-order valence-corrected chi connectivity index (χ3v) is 11.0. The Morgan fingerprint density at radius 3 is 2.22 bits per heavy atom. The molecule has 0 spiro atoms. The summed E-state index contributed by atoms with van der Waals surface area (Å²) in [6.07, 6.45) is 7.88. The number of aliphatic hydroxyl groups is 1. The zero-order chi connectivity index (χ0) is 35.6. The fraction of sp³-hybridized carbons (Fsp3) is 0.333. The van der Waals surface area contributed by atoms with E-state index in [9.17, 15) is 9.90 Å². The molecule has 3 heterocycles. The predicted molar refractivity (Wildman–Crippen MR) is 213 cm³/mol. The number of allylic oxidation sites excluding steroid dienone is 2. The quantitative estimate of drug-likeness (QED) is 0.0891. The first-order valence-electron chi connectivity index (χ1n) is 18.1. The number of para-hydroxylation sites is 1. The number of benzene rings is 4. The molecule has 51 heavy (non-hydrogen) atoms. The summed E-state index contributed by atoms with van der Waals surface area (Å²) < 4.78 is 8.96. The molecule has 7 aromatic rings. The third kappa shape index (κ3) is 7.99. The molecule has 0 atom stereocenters. The van der Waals surface area contributed by atoms with Crippen molar-refractivity contribution in [3.63, 3.8) is 0 Å². The second kappa shape index (κ2) is 16.2. The van der Waals surface area contributed by atoms with Crippen molar-refractivity contribution in [1.29, 1.82) is 0 Å². The first-order chi connectivity index (χ1) is 24.1. The van der Waals surface area contributed by atoms with Crippen LogP contribution in [0, 0.1) is 23.3 Å². The van der Waals surface area contributed by atoms with Crippen LogP contribution in [-0.2, 0) is 31.3 Å². The number of carbonyl (C=O) groups is 1. The van der Waals surface area contributed by atoms with E-state index >= 15 is 0 Å². The van der Waals surface area contributed by atoms with E-state index in [0.717, 1.165) is 76.1 Å². The summed E-state index contributed by atoms with van der Waals surface area (Å²) in [5, 5.41) is 16.8. The Hall–Kier alpha value is -3.83. The first kappa shape index (κ1) is 38.4. The van der Waals surface area contributed by atoms with E-state index in [1.54, 1.807) is 0 Å². The van der Waals surface area contributed by atoms with E-state index in [0.29, 0.717) is 0 Å². The van der Waals surface area contributed by atoms with Gasteiger partial charge >= 0.3 is 0 Å². The van der Waals surface area contributed by atoms with Crippen molar-refractivity contribution in [2.24, 2.45) is 17.3 Å². The molecule has 267 valence electrons. The number of ketones is 1. The zero-order valence-electron chi connectivity index (χ0n) is 30.7. The molecular formula is C45H48IrNO3S-. The van der Waals surface area contributed by atoms with Gasteiger partial charge in [0.15, 0.2) is 5.78 Å². The van der Waals surface area contributed by atoms with Gasteiger partial charge in [-0.1, -0.05) is 108 Å². The van der Waals surface area contributed by atoms with Crippen LogP contribution < -0.4 is 0 Å². The molecule has 0 saturated heterocycles. The topological polar surface area (TPSA) is 63.3 Å². The third-order valence-electron chi connectivity index (χ3n) is 9.78. The van der Waals surface area contributed by atoms with Gasteiger partial charge in [0.25, 0.3) is 0 Å². The Morgan fingerprint density at radius 1 is 0.863 bits per heavy atom. The molecule has 1 radical (unpaired) electrons. The van der Waals surface area contributed by atoms with Crippen LogP contribution in [0.25, 0.3) is 64.1 Å². The average Bonchev–Trinajstić information content (AvgIpc) is 3.67. The number of rotatable bonds is 9. The number of carbonyl (C=O) groups excluding carboxylic acids is 1. The van der Waals surface area contributed by atoms with Gasteiger partial charge in [0.1, 0.15) is 5.58 Å². The molecule has 4 nitrogen and oxygen atoms in total. The summed E-state index contributed by atoms with van der Waals surface area (Å²) in [5.41, 5.74) is 5.25. The van der Waals surface area contributed by atoms with Crippen LogP contribution in [0.3, 0.4) is 0 Å². The largest absolute Gasteiger partial charge is 0.512 e. The molecule has 3 aromatic heterocycles. The van der Waals surface area contributed by atoms with E-state index in [2.05, 4.69) is 87.5 Å². The number of aliphatic hydroxyl groups excluding tert-OH is 1. The molecule has 0 aliphatic carbocycles. The number of aromatic nitrogens is 1. The van der Waals surface area contributed by atoms with Gasteiger partial charge in [-0.25, -0.2) is 0 Å². The maximum Gasteiger partial charge on any atom is 0.162 e. The van der Waals surface area contributed by atoms with Crippen LogP contribution in [-0.4, -0.2) is 15.9 Å². The van der Waals surface area contributed by atoms with Gasteiger partial charge in [-0.05, 0) is 77.4 Å². The van der Waals surface area contributed by atoms with E-state index in [4.69, 9.17) is 9.40 Å². The molecule has 0 amide bonds. The molecule has 0 unspecified atom stereocenters. The van der Waals surface area contributed by atoms with Crippen molar-refractivity contribution in [1.82, 2.24) is 4.98 Å². The van der Waals surface area contributed by atoms with Crippen molar-refractivity contribution >= 4 is 70.0 Å². The fourth-order valence-electron chi connectivity index (χ4n) is 7.08. The van der Waals surface area contributed by atoms with E-state index in [-0.39, 0.29) is 48.9 Å². The van der Waals surface area contributed by atoms with Gasteiger partial charge in [-0.15, -0.1) is 28.9 Å². The molecule has 0 aliphatic rings. The minimum atomic E-state index is 0. The number of hydrogen-bond acceptors (Lipinski definition) is 5. The summed E-state index contributed by atoms with van der Waals surface area (Å²) in [4.78, 5) is 16.6. The van der Waals surface area contributed by atoms with Gasteiger partial charge in [-0.3, -0.25) is 9.78 Å². The number of nitrogens with zero attached hydrogens (tertiary/aromatic N) is 1. The number of furan rings is 1. The second-order valence-corrected chi connectivity index (χ2v) is 15.6. The number of thiophene rings is 1. The minimum Gasteiger partial charge on any atom is -0.512 e. The van der Waals surface area contributed by atoms with Crippen molar-refractivity contribution in [2.75, 3.05) is 0 Å². The molecule has 0 bridgehead atoms. The zero-order valence-corrected chi connectivity index (χ0v) is 33.9. The Labute approximate surface area is 319 Å². The van der Waals surface area contributed by atoms with Gasteiger partial charge in [0.05, 0.1) is 11.3 Å². The maximum absolute atomic E-state index is 11.7. The molecule has 0 saturated carbocycles. The van der Waals surface area contributed by atoms with Crippen LogP contribution in [0.5, 0.6) is 0 Å². The average molecular weight is 875 g/mol. The van der Waals surface area contributed by atoms with Crippen LogP contribution in [0.4, 0.5) is 0 Å². The summed E-state index contributed by atoms with van der Waals surface area (Å²) in [5.74, 6) is 0.547. The first-order valence-corrected chi connectivity index (χ1v) is 18.9. The monoisotopic (exact) mass is 875 g/mol. The van der Waals surface area contributed by atoms with E-state index < -0.39 is 0 Å². The molecular weight excluding hydrogens is 827 g/mol. The Balaban J connectivity index is 0.000000271. The summed E-state index contributed by atoms with van der Waals surface area (Å²) in [6.45, 7) is 14.9. The van der Waals surface area contributed by atoms with Crippen LogP contribution in [0.1, 0.15) is 79.7 Å². The minimum absolute atomic E-state index is 0. The number of pyridine rings is 1. The van der Waals surface area contributed by atoms with Crippen LogP contribution >= 0.6 is 11.3 Å². The van der Waals surface area contributed by atoms with Crippen molar-refractivity contribution in [3.8, 4) is 11.3 Å². The summed E-state index contributed by atoms with van der Waals surface area (Å²) >= 11 is 1.82. The van der Waals surface area contributed by atoms with Crippen molar-refractivity contribution in [3.05, 3.63) is 102 Å². The normalized spacial score (nSPS) is 12.3. The molecule has 4 aromatic carbocycles. The predicted octanol–water partition coefficient (Wildman–Crippen LogP) is 13.4. The smallest absolute Gasteiger partial charge is 0.162 e. The standard InChI is InChI=1S/C32H24NOS.C13H24O2.Ir/c1-32(2,3)18-19-12-13-22-23-14-15-33-29(31(23)35-27(22)16-19)25-17-20-8-4-5-9-21(20)28-24-10-6-7-11-26(24)34-30(25)28;1-5-10(6-2)12(14)9-13(15)11(7-3)8-4;/h4-16H,18H2,1-3H3;9-11,14H,5-8H2,1-4H3;/q-1;;/b;12-9-;.